The van der Waals surface area contributed by atoms with Crippen molar-refractivity contribution in [2.45, 2.75) is 24.0 Å². The van der Waals surface area contributed by atoms with Crippen LogP contribution in [0.25, 0.3) is 0 Å². The Morgan fingerprint density at radius 2 is 2.38 bits per heavy atom. The number of aryl methyl sites for hydroxylation is 1. The molecule has 9 heteroatoms. The summed E-state index contributed by atoms with van der Waals surface area (Å²) in [6.45, 7) is 2.96. The lowest BCUT2D eigenvalue weighted by Crippen LogP contribution is -2.45. The lowest BCUT2D eigenvalue weighted by Gasteiger charge is -2.29. The molecule has 1 aromatic rings. The van der Waals surface area contributed by atoms with Gasteiger partial charge in [0.25, 0.3) is 0 Å². The highest BCUT2D eigenvalue weighted by Gasteiger charge is 2.22. The maximum atomic E-state index is 12.2. The minimum absolute atomic E-state index is 0.0483. The number of morpholine rings is 1. The maximum absolute atomic E-state index is 12.2. The molecule has 0 aliphatic carbocycles. The molecule has 1 saturated heterocycles. The first-order chi connectivity index (χ1) is 10.0. The van der Waals surface area contributed by atoms with Gasteiger partial charge in [0, 0.05) is 39.0 Å². The van der Waals surface area contributed by atoms with E-state index in [-0.39, 0.29) is 24.2 Å². The van der Waals surface area contributed by atoms with Crippen LogP contribution in [-0.2, 0) is 21.3 Å². The Bertz CT molecular complexity index is 545. The summed E-state index contributed by atoms with van der Waals surface area (Å²) in [6, 6.07) is 0. The number of aliphatic hydroxyl groups excluding tert-OH is 1. The molecule has 1 aliphatic rings. The first-order valence-corrected chi connectivity index (χ1v) is 8.43. The van der Waals surface area contributed by atoms with Crippen LogP contribution >= 0.6 is 0 Å². The Kier molecular flexibility index (Phi) is 5.71. The topological polar surface area (TPSA) is 96.7 Å². The second-order valence-corrected chi connectivity index (χ2v) is 6.89. The zero-order valence-electron chi connectivity index (χ0n) is 12.1. The van der Waals surface area contributed by atoms with Crippen molar-refractivity contribution in [1.29, 1.82) is 0 Å². The van der Waals surface area contributed by atoms with E-state index in [0.717, 1.165) is 6.54 Å². The normalized spacial score (nSPS) is 20.8. The number of nitrogens with one attached hydrogen (secondary N) is 1. The SMILES string of the molecule is CN1CCOC(CNS(=O)(=O)c2cnn(CCCO)c2)C1. The predicted molar refractivity (Wildman–Crippen MR) is 76.4 cm³/mol. The zero-order chi connectivity index (χ0) is 15.3. The van der Waals surface area contributed by atoms with E-state index in [2.05, 4.69) is 14.7 Å². The number of hydrogen-bond donors (Lipinski definition) is 2. The van der Waals surface area contributed by atoms with Gasteiger partial charge in [-0.25, -0.2) is 13.1 Å². The summed E-state index contributed by atoms with van der Waals surface area (Å²) in [5.74, 6) is 0. The Morgan fingerprint density at radius 3 is 3.10 bits per heavy atom. The van der Waals surface area contributed by atoms with E-state index >= 15 is 0 Å². The van der Waals surface area contributed by atoms with Crippen molar-refractivity contribution in [3.05, 3.63) is 12.4 Å². The fraction of sp³-hybridized carbons (Fsp3) is 0.750. The first-order valence-electron chi connectivity index (χ1n) is 6.94. The molecular weight excluding hydrogens is 296 g/mol. The molecule has 0 saturated carbocycles. The lowest BCUT2D eigenvalue weighted by atomic mass is 10.3. The Labute approximate surface area is 124 Å². The summed E-state index contributed by atoms with van der Waals surface area (Å²) in [5, 5.41) is 12.7. The molecule has 1 aromatic heterocycles. The van der Waals surface area contributed by atoms with Gasteiger partial charge in [-0.3, -0.25) is 4.68 Å². The van der Waals surface area contributed by atoms with Gasteiger partial charge in [-0.15, -0.1) is 0 Å². The minimum Gasteiger partial charge on any atom is -0.396 e. The molecule has 1 fully saturated rings. The van der Waals surface area contributed by atoms with E-state index in [4.69, 9.17) is 9.84 Å². The van der Waals surface area contributed by atoms with Gasteiger partial charge in [0.15, 0.2) is 0 Å². The first kappa shape index (κ1) is 16.4. The summed E-state index contributed by atoms with van der Waals surface area (Å²) >= 11 is 0. The summed E-state index contributed by atoms with van der Waals surface area (Å²) in [5.41, 5.74) is 0. The maximum Gasteiger partial charge on any atom is 0.243 e. The summed E-state index contributed by atoms with van der Waals surface area (Å²) in [4.78, 5) is 2.24. The Balaban J connectivity index is 1.90. The van der Waals surface area contributed by atoms with Gasteiger partial charge in [-0.2, -0.15) is 5.10 Å². The van der Waals surface area contributed by atoms with Crippen molar-refractivity contribution in [2.75, 3.05) is 39.9 Å². The van der Waals surface area contributed by atoms with Gasteiger partial charge in [0.05, 0.1) is 18.9 Å². The Hall–Kier alpha value is -1.00. The highest BCUT2D eigenvalue weighted by Crippen LogP contribution is 2.09. The van der Waals surface area contributed by atoms with E-state index in [0.29, 0.717) is 26.1 Å². The molecule has 0 radical (unpaired) electrons. The Morgan fingerprint density at radius 1 is 1.57 bits per heavy atom. The van der Waals surface area contributed by atoms with Gasteiger partial charge in [-0.1, -0.05) is 0 Å². The van der Waals surface area contributed by atoms with Gasteiger partial charge < -0.3 is 14.7 Å². The molecule has 1 unspecified atom stereocenters. The third-order valence-corrected chi connectivity index (χ3v) is 4.69. The number of aromatic nitrogens is 2. The van der Waals surface area contributed by atoms with Gasteiger partial charge in [-0.05, 0) is 13.5 Å². The van der Waals surface area contributed by atoms with E-state index in [1.807, 2.05) is 7.05 Å². The van der Waals surface area contributed by atoms with E-state index in [1.54, 1.807) is 0 Å². The van der Waals surface area contributed by atoms with Crippen LogP contribution in [0.4, 0.5) is 0 Å². The number of rotatable bonds is 7. The fourth-order valence-electron chi connectivity index (χ4n) is 2.11. The molecule has 0 amide bonds. The fourth-order valence-corrected chi connectivity index (χ4v) is 3.13. The number of sulfonamides is 1. The quantitative estimate of drug-likeness (QED) is 0.661. The van der Waals surface area contributed by atoms with Gasteiger partial charge >= 0.3 is 0 Å². The molecule has 2 rings (SSSR count). The predicted octanol–water partition coefficient (Wildman–Crippen LogP) is -1.13. The average molecular weight is 318 g/mol. The highest BCUT2D eigenvalue weighted by atomic mass is 32.2. The number of nitrogens with zero attached hydrogens (tertiary/aromatic N) is 3. The van der Waals surface area contributed by atoms with E-state index in [1.165, 1.54) is 17.1 Å². The van der Waals surface area contributed by atoms with E-state index in [9.17, 15) is 8.42 Å². The molecule has 2 N–H and O–H groups in total. The second kappa shape index (κ2) is 7.32. The monoisotopic (exact) mass is 318 g/mol. The molecule has 8 nitrogen and oxygen atoms in total. The molecule has 2 heterocycles. The lowest BCUT2D eigenvalue weighted by molar-refractivity contribution is -0.0156. The largest absolute Gasteiger partial charge is 0.396 e. The van der Waals surface area contributed by atoms with E-state index < -0.39 is 10.0 Å². The molecular formula is C12H22N4O4S. The summed E-state index contributed by atoms with van der Waals surface area (Å²) in [7, 11) is -1.59. The second-order valence-electron chi connectivity index (χ2n) is 5.12. The number of aliphatic hydroxyl groups is 1. The smallest absolute Gasteiger partial charge is 0.243 e. The molecule has 1 atom stereocenters. The van der Waals surface area contributed by atoms with Crippen molar-refractivity contribution in [1.82, 2.24) is 19.4 Å². The number of likely N-dealkylation sites (N-methyl/N-ethyl adjacent to an activating group) is 1. The van der Waals surface area contributed by atoms with Crippen molar-refractivity contribution in [3.8, 4) is 0 Å². The van der Waals surface area contributed by atoms with Crippen molar-refractivity contribution >= 4 is 10.0 Å². The van der Waals surface area contributed by atoms with Crippen LogP contribution in [0.3, 0.4) is 0 Å². The highest BCUT2D eigenvalue weighted by molar-refractivity contribution is 7.89. The van der Waals surface area contributed by atoms with Crippen molar-refractivity contribution in [2.24, 2.45) is 0 Å². The number of ether oxygens (including phenoxy) is 1. The summed E-state index contributed by atoms with van der Waals surface area (Å²) in [6.07, 6.45) is 3.18. The minimum atomic E-state index is -3.58. The number of hydrogen-bond acceptors (Lipinski definition) is 6. The molecule has 120 valence electrons. The van der Waals surface area contributed by atoms with Crippen molar-refractivity contribution < 1.29 is 18.3 Å². The van der Waals surface area contributed by atoms with Crippen LogP contribution in [0.15, 0.2) is 17.3 Å². The van der Waals surface area contributed by atoms with Crippen LogP contribution in [0.2, 0.25) is 0 Å². The van der Waals surface area contributed by atoms with Crippen LogP contribution in [0.1, 0.15) is 6.42 Å². The van der Waals surface area contributed by atoms with Crippen LogP contribution < -0.4 is 4.72 Å². The van der Waals surface area contributed by atoms with Crippen LogP contribution in [0, 0.1) is 0 Å². The van der Waals surface area contributed by atoms with Gasteiger partial charge in [0.2, 0.25) is 10.0 Å². The third kappa shape index (κ3) is 4.75. The third-order valence-electron chi connectivity index (χ3n) is 3.31. The van der Waals surface area contributed by atoms with Crippen LogP contribution in [-0.4, -0.2) is 74.2 Å². The molecule has 0 bridgehead atoms. The molecule has 0 spiro atoms. The van der Waals surface area contributed by atoms with Gasteiger partial charge in [0.1, 0.15) is 4.90 Å². The molecule has 0 aromatic carbocycles. The molecule has 21 heavy (non-hydrogen) atoms. The standard InChI is InChI=1S/C12H22N4O4S/c1-15-4-6-20-11(9-15)7-14-21(18,19)12-8-13-16(10-12)3-2-5-17/h8,10-11,14,17H,2-7,9H2,1H3. The van der Waals surface area contributed by atoms with Crippen LogP contribution in [0.5, 0.6) is 0 Å². The average Bonchev–Trinajstić information content (AvgIpc) is 2.93. The van der Waals surface area contributed by atoms with Crippen molar-refractivity contribution in [3.63, 3.8) is 0 Å². The zero-order valence-corrected chi connectivity index (χ0v) is 12.9. The molecule has 1 aliphatic heterocycles. The summed E-state index contributed by atoms with van der Waals surface area (Å²) < 4.78 is 33.9.